The minimum atomic E-state index is -0.902. The Labute approximate surface area is 200 Å². The quantitative estimate of drug-likeness (QED) is 0.282. The number of benzene rings is 4. The molecule has 0 heterocycles. The molecule has 33 heavy (non-hydrogen) atoms. The second-order valence-corrected chi connectivity index (χ2v) is 9.46. The van der Waals surface area contributed by atoms with Gasteiger partial charge in [-0.25, -0.2) is 0 Å². The van der Waals surface area contributed by atoms with E-state index in [0.717, 1.165) is 43.6 Å². The highest BCUT2D eigenvalue weighted by atomic mass is 35.5. The van der Waals surface area contributed by atoms with Gasteiger partial charge in [-0.3, -0.25) is 0 Å². The Hall–Kier alpha value is -2.91. The molecule has 2 N–H and O–H groups in total. The van der Waals surface area contributed by atoms with Gasteiger partial charge >= 0.3 is 0 Å². The van der Waals surface area contributed by atoms with Gasteiger partial charge in [0.05, 0.1) is 11.7 Å². The second kappa shape index (κ2) is 9.93. The molecule has 4 aromatic rings. The summed E-state index contributed by atoms with van der Waals surface area (Å²) in [7, 11) is 0. The predicted molar refractivity (Wildman–Crippen MR) is 139 cm³/mol. The van der Waals surface area contributed by atoms with Crippen molar-refractivity contribution in [2.24, 2.45) is 0 Å². The highest BCUT2D eigenvalue weighted by Gasteiger charge is 2.20. The summed E-state index contributed by atoms with van der Waals surface area (Å²) in [5.74, 6) is 0. The monoisotopic (exact) mass is 456 g/mol. The van der Waals surface area contributed by atoms with Gasteiger partial charge in [-0.15, -0.1) is 0 Å². The molecule has 1 atom stereocenters. The summed E-state index contributed by atoms with van der Waals surface area (Å²) in [6.45, 7) is 3.59. The molecule has 0 saturated heterocycles. The summed E-state index contributed by atoms with van der Waals surface area (Å²) >= 11 is 6.13. The predicted octanol–water partition coefficient (Wildman–Crippen LogP) is 7.56. The molecule has 0 amide bonds. The lowest BCUT2D eigenvalue weighted by atomic mass is 9.90. The van der Waals surface area contributed by atoms with E-state index < -0.39 is 11.7 Å². The molecule has 0 aromatic heterocycles. The van der Waals surface area contributed by atoms with Gasteiger partial charge in [-0.05, 0) is 89.5 Å². The lowest BCUT2D eigenvalue weighted by Crippen LogP contribution is -2.18. The minimum absolute atomic E-state index is 0.573. The Morgan fingerprint density at radius 3 is 2.33 bits per heavy atom. The van der Waals surface area contributed by atoms with E-state index in [1.54, 1.807) is 13.8 Å². The van der Waals surface area contributed by atoms with Crippen LogP contribution in [0.15, 0.2) is 84.9 Å². The third-order valence-corrected chi connectivity index (χ3v) is 6.19. The Morgan fingerprint density at radius 2 is 1.55 bits per heavy atom. The van der Waals surface area contributed by atoms with Crippen LogP contribution >= 0.6 is 11.6 Å². The van der Waals surface area contributed by atoms with Crippen LogP contribution in [0.4, 0.5) is 0 Å². The highest BCUT2D eigenvalue weighted by Crippen LogP contribution is 2.27. The fourth-order valence-electron chi connectivity index (χ4n) is 4.20. The molecule has 0 aliphatic carbocycles. The van der Waals surface area contributed by atoms with Gasteiger partial charge in [-0.1, -0.05) is 84.4 Å². The number of aliphatic hydroxyl groups excluding tert-OH is 1. The van der Waals surface area contributed by atoms with Crippen molar-refractivity contribution in [3.05, 3.63) is 118 Å². The molecular formula is C30H29ClO2. The van der Waals surface area contributed by atoms with Crippen LogP contribution in [0.2, 0.25) is 5.02 Å². The van der Waals surface area contributed by atoms with Crippen LogP contribution in [0.1, 0.15) is 54.2 Å². The Kier molecular flexibility index (Phi) is 6.99. The summed E-state index contributed by atoms with van der Waals surface area (Å²) < 4.78 is 0. The zero-order chi connectivity index (χ0) is 23.4. The van der Waals surface area contributed by atoms with Crippen molar-refractivity contribution >= 4 is 34.5 Å². The van der Waals surface area contributed by atoms with Crippen molar-refractivity contribution in [3.8, 4) is 0 Å². The lowest BCUT2D eigenvalue weighted by molar-refractivity contribution is 0.0772. The van der Waals surface area contributed by atoms with Crippen molar-refractivity contribution in [2.75, 3.05) is 0 Å². The van der Waals surface area contributed by atoms with E-state index in [9.17, 15) is 10.2 Å². The molecule has 0 aliphatic rings. The van der Waals surface area contributed by atoms with Gasteiger partial charge < -0.3 is 10.2 Å². The molecule has 0 bridgehead atoms. The number of rotatable bonds is 7. The van der Waals surface area contributed by atoms with Crippen LogP contribution in [0, 0.1) is 0 Å². The number of hydrogen-bond donors (Lipinski definition) is 2. The van der Waals surface area contributed by atoms with E-state index in [1.165, 1.54) is 0 Å². The average Bonchev–Trinajstić information content (AvgIpc) is 2.80. The maximum Gasteiger partial charge on any atom is 0.0843 e. The average molecular weight is 457 g/mol. The minimum Gasteiger partial charge on any atom is -0.388 e. The fraction of sp³-hybridized carbons (Fsp3) is 0.200. The van der Waals surface area contributed by atoms with E-state index in [2.05, 4.69) is 30.4 Å². The van der Waals surface area contributed by atoms with E-state index in [4.69, 9.17) is 11.6 Å². The summed E-state index contributed by atoms with van der Waals surface area (Å²) in [6, 6.07) is 28.1. The summed E-state index contributed by atoms with van der Waals surface area (Å²) in [5.41, 5.74) is 4.10. The van der Waals surface area contributed by atoms with Gasteiger partial charge in [-0.2, -0.15) is 0 Å². The molecule has 4 aromatic carbocycles. The zero-order valence-electron chi connectivity index (χ0n) is 19.0. The Balaban J connectivity index is 1.47. The lowest BCUT2D eigenvalue weighted by Gasteiger charge is -2.22. The van der Waals surface area contributed by atoms with Gasteiger partial charge in [0.25, 0.3) is 0 Å². The molecule has 168 valence electrons. The van der Waals surface area contributed by atoms with Crippen LogP contribution in [-0.4, -0.2) is 10.2 Å². The van der Waals surface area contributed by atoms with Crippen molar-refractivity contribution in [1.82, 2.24) is 0 Å². The van der Waals surface area contributed by atoms with Gasteiger partial charge in [0.2, 0.25) is 0 Å². The number of aryl methyl sites for hydroxylation is 1. The van der Waals surface area contributed by atoms with Crippen LogP contribution < -0.4 is 0 Å². The first-order valence-electron chi connectivity index (χ1n) is 11.3. The molecule has 1 unspecified atom stereocenters. The van der Waals surface area contributed by atoms with Gasteiger partial charge in [0.15, 0.2) is 0 Å². The fourth-order valence-corrected chi connectivity index (χ4v) is 4.38. The van der Waals surface area contributed by atoms with Gasteiger partial charge in [0, 0.05) is 5.02 Å². The molecule has 0 saturated carbocycles. The maximum atomic E-state index is 10.8. The first kappa shape index (κ1) is 23.3. The zero-order valence-corrected chi connectivity index (χ0v) is 19.8. The van der Waals surface area contributed by atoms with Crippen LogP contribution in [-0.2, 0) is 12.0 Å². The first-order chi connectivity index (χ1) is 15.8. The normalized spacial score (nSPS) is 13.0. The molecule has 2 nitrogen and oxygen atoms in total. The number of halogens is 1. The molecule has 0 aliphatic heterocycles. The standard InChI is InChI=1S/C30H29ClO2/c1-30(2,33)28-9-4-3-7-24(28)15-17-29(32)25-8-5-6-21(18-25)10-11-22-12-13-23-14-16-27(31)20-26(23)19-22/h3-14,16,18-20,29,32-33H,15,17H2,1-2H3. The third-order valence-electron chi connectivity index (χ3n) is 5.95. The topological polar surface area (TPSA) is 40.5 Å². The largest absolute Gasteiger partial charge is 0.388 e. The number of fused-ring (bicyclic) bond motifs is 1. The molecule has 0 radical (unpaired) electrons. The van der Waals surface area contributed by atoms with Crippen molar-refractivity contribution < 1.29 is 10.2 Å². The highest BCUT2D eigenvalue weighted by molar-refractivity contribution is 6.31. The molecule has 0 spiro atoms. The maximum absolute atomic E-state index is 10.8. The second-order valence-electron chi connectivity index (χ2n) is 9.03. The Bertz CT molecular complexity index is 1280. The Morgan fingerprint density at radius 1 is 0.818 bits per heavy atom. The van der Waals surface area contributed by atoms with E-state index >= 15 is 0 Å². The van der Waals surface area contributed by atoms with Crippen molar-refractivity contribution in [3.63, 3.8) is 0 Å². The van der Waals surface area contributed by atoms with E-state index in [1.807, 2.05) is 66.7 Å². The molecule has 4 rings (SSSR count). The summed E-state index contributed by atoms with van der Waals surface area (Å²) in [5, 5.41) is 24.3. The van der Waals surface area contributed by atoms with Crippen molar-refractivity contribution in [1.29, 1.82) is 0 Å². The van der Waals surface area contributed by atoms with E-state index in [0.29, 0.717) is 12.8 Å². The van der Waals surface area contributed by atoms with E-state index in [-0.39, 0.29) is 0 Å². The van der Waals surface area contributed by atoms with Crippen LogP contribution in [0.25, 0.3) is 22.9 Å². The third kappa shape index (κ3) is 5.91. The molecule has 3 heteroatoms. The van der Waals surface area contributed by atoms with Crippen molar-refractivity contribution in [2.45, 2.75) is 38.4 Å². The molecular weight excluding hydrogens is 428 g/mol. The van der Waals surface area contributed by atoms with Crippen LogP contribution in [0.5, 0.6) is 0 Å². The van der Waals surface area contributed by atoms with Crippen LogP contribution in [0.3, 0.4) is 0 Å². The smallest absolute Gasteiger partial charge is 0.0843 e. The number of hydrogen-bond acceptors (Lipinski definition) is 2. The first-order valence-corrected chi connectivity index (χ1v) is 11.6. The SMILES string of the molecule is CC(C)(O)c1ccccc1CCC(O)c1cccc(C=Cc2ccc3ccc(Cl)cc3c2)c1. The molecule has 0 fully saturated rings. The van der Waals surface area contributed by atoms with Gasteiger partial charge in [0.1, 0.15) is 0 Å². The summed E-state index contributed by atoms with van der Waals surface area (Å²) in [4.78, 5) is 0. The summed E-state index contributed by atoms with van der Waals surface area (Å²) in [6.07, 6.45) is 4.85. The number of aliphatic hydroxyl groups is 2.